The molecule has 206 valence electrons. The van der Waals surface area contributed by atoms with Crippen LogP contribution in [0.4, 0.5) is 0 Å². The Kier molecular flexibility index (Phi) is 7.99. The molecule has 0 saturated carbocycles. The summed E-state index contributed by atoms with van der Waals surface area (Å²) in [6.07, 6.45) is -7.88. The molecule has 0 spiro atoms. The molecule has 0 aliphatic carbocycles. The van der Waals surface area contributed by atoms with Crippen molar-refractivity contribution in [1.82, 2.24) is 0 Å². The van der Waals surface area contributed by atoms with Crippen LogP contribution in [0.25, 0.3) is 22.3 Å². The van der Waals surface area contributed by atoms with E-state index in [2.05, 4.69) is 0 Å². The molecule has 4 rings (SSSR count). The molecule has 3 aromatic rings. The number of methoxy groups -OCH3 is 5. The zero-order valence-corrected chi connectivity index (χ0v) is 21.5. The van der Waals surface area contributed by atoms with E-state index in [9.17, 15) is 25.2 Å². The lowest BCUT2D eigenvalue weighted by atomic mass is 9.89. The molecule has 0 radical (unpaired) electrons. The highest BCUT2D eigenvalue weighted by Crippen LogP contribution is 2.45. The van der Waals surface area contributed by atoms with Crippen LogP contribution in [0.5, 0.6) is 28.7 Å². The molecule has 1 aliphatic heterocycles. The fraction of sp³-hybridized carbons (Fsp3) is 0.423. The minimum Gasteiger partial charge on any atom is -0.496 e. The molecule has 38 heavy (non-hydrogen) atoms. The van der Waals surface area contributed by atoms with Gasteiger partial charge in [0.2, 0.25) is 11.2 Å². The van der Waals surface area contributed by atoms with Crippen molar-refractivity contribution in [1.29, 1.82) is 0 Å². The molecule has 12 nitrogen and oxygen atoms in total. The number of aliphatic hydroxyl groups is 4. The molecule has 0 unspecified atom stereocenters. The second-order valence-electron chi connectivity index (χ2n) is 8.54. The summed E-state index contributed by atoms with van der Waals surface area (Å²) in [6.45, 7) is -0.680. The highest BCUT2D eigenvalue weighted by molar-refractivity contribution is 5.88. The largest absolute Gasteiger partial charge is 0.496 e. The Labute approximate surface area is 217 Å². The number of benzene rings is 2. The summed E-state index contributed by atoms with van der Waals surface area (Å²) < 4.78 is 39.0. The van der Waals surface area contributed by atoms with Crippen LogP contribution in [0.2, 0.25) is 0 Å². The molecule has 2 aromatic carbocycles. The summed E-state index contributed by atoms with van der Waals surface area (Å²) in [7, 11) is 7.10. The minimum atomic E-state index is -1.75. The SMILES string of the molecule is COc1cc(OC)c2c(=O)c([C@@H]3O[C@H](CO)[C@H](O)[C@H](O)[C@H]3O)c(-c3cc(OC)c(OC)c(OC)c3)oc2c1. The maximum absolute atomic E-state index is 14.1. The lowest BCUT2D eigenvalue weighted by Crippen LogP contribution is -2.55. The van der Waals surface area contributed by atoms with Crippen molar-refractivity contribution in [2.24, 2.45) is 0 Å². The third kappa shape index (κ3) is 4.50. The Bertz CT molecular complexity index is 1340. The van der Waals surface area contributed by atoms with E-state index in [4.69, 9.17) is 32.8 Å². The Balaban J connectivity index is 2.11. The molecule has 0 amide bonds. The molecule has 1 aromatic heterocycles. The van der Waals surface area contributed by atoms with Crippen LogP contribution in [-0.2, 0) is 4.74 Å². The van der Waals surface area contributed by atoms with Crippen molar-refractivity contribution in [2.45, 2.75) is 30.5 Å². The maximum atomic E-state index is 14.1. The average Bonchev–Trinajstić information content (AvgIpc) is 2.94. The quantitative estimate of drug-likeness (QED) is 0.324. The van der Waals surface area contributed by atoms with Gasteiger partial charge < -0.3 is 53.3 Å². The van der Waals surface area contributed by atoms with Crippen LogP contribution >= 0.6 is 0 Å². The Hall–Kier alpha value is -3.55. The normalized spacial score (nSPS) is 23.2. The van der Waals surface area contributed by atoms with Crippen LogP contribution in [0.15, 0.2) is 33.5 Å². The lowest BCUT2D eigenvalue weighted by Gasteiger charge is -2.40. The van der Waals surface area contributed by atoms with Gasteiger partial charge in [-0.1, -0.05) is 0 Å². The molecule has 1 fully saturated rings. The van der Waals surface area contributed by atoms with Crippen molar-refractivity contribution in [2.75, 3.05) is 42.2 Å². The molecule has 0 bridgehead atoms. The van der Waals surface area contributed by atoms with E-state index in [1.807, 2.05) is 0 Å². The highest BCUT2D eigenvalue weighted by Gasteiger charge is 2.46. The van der Waals surface area contributed by atoms with Crippen LogP contribution in [0, 0.1) is 0 Å². The summed E-state index contributed by atoms with van der Waals surface area (Å²) >= 11 is 0. The van der Waals surface area contributed by atoms with Gasteiger partial charge in [0.1, 0.15) is 58.7 Å². The third-order valence-electron chi connectivity index (χ3n) is 6.53. The van der Waals surface area contributed by atoms with E-state index in [1.54, 1.807) is 0 Å². The van der Waals surface area contributed by atoms with Gasteiger partial charge in [-0.15, -0.1) is 0 Å². The van der Waals surface area contributed by atoms with Gasteiger partial charge in [-0.3, -0.25) is 4.79 Å². The molecule has 1 aliphatic rings. The van der Waals surface area contributed by atoms with Crippen molar-refractivity contribution in [3.8, 4) is 40.1 Å². The first-order valence-electron chi connectivity index (χ1n) is 11.6. The zero-order valence-electron chi connectivity index (χ0n) is 21.5. The fourth-order valence-corrected chi connectivity index (χ4v) is 4.58. The van der Waals surface area contributed by atoms with Gasteiger partial charge in [0.15, 0.2) is 11.5 Å². The van der Waals surface area contributed by atoms with Crippen molar-refractivity contribution in [3.63, 3.8) is 0 Å². The average molecular weight is 535 g/mol. The lowest BCUT2D eigenvalue weighted by molar-refractivity contribution is -0.232. The molecular formula is C26H30O12. The summed E-state index contributed by atoms with van der Waals surface area (Å²) in [4.78, 5) is 14.1. The van der Waals surface area contributed by atoms with Crippen molar-refractivity contribution >= 4 is 11.0 Å². The predicted octanol–water partition coefficient (Wildman–Crippen LogP) is 1.02. The fourth-order valence-electron chi connectivity index (χ4n) is 4.58. The van der Waals surface area contributed by atoms with Gasteiger partial charge in [0.25, 0.3) is 0 Å². The first-order valence-corrected chi connectivity index (χ1v) is 11.6. The van der Waals surface area contributed by atoms with E-state index in [-0.39, 0.29) is 45.1 Å². The van der Waals surface area contributed by atoms with Gasteiger partial charge in [-0.2, -0.15) is 0 Å². The molecule has 12 heteroatoms. The maximum Gasteiger partial charge on any atom is 0.203 e. The van der Waals surface area contributed by atoms with E-state index in [0.717, 1.165) is 0 Å². The highest BCUT2D eigenvalue weighted by atomic mass is 16.5. The van der Waals surface area contributed by atoms with Gasteiger partial charge in [0.05, 0.1) is 47.7 Å². The third-order valence-corrected chi connectivity index (χ3v) is 6.53. The first kappa shape index (κ1) is 27.5. The smallest absolute Gasteiger partial charge is 0.203 e. The second-order valence-corrected chi connectivity index (χ2v) is 8.54. The number of hydrogen-bond acceptors (Lipinski definition) is 12. The summed E-state index contributed by atoms with van der Waals surface area (Å²) in [5, 5.41) is 41.5. The van der Waals surface area contributed by atoms with Crippen LogP contribution < -0.4 is 29.1 Å². The van der Waals surface area contributed by atoms with E-state index in [0.29, 0.717) is 11.5 Å². The molecule has 5 atom stereocenters. The number of aliphatic hydroxyl groups excluding tert-OH is 4. The topological polar surface area (TPSA) is 167 Å². The Morgan fingerprint density at radius 3 is 1.95 bits per heavy atom. The molecule has 1 saturated heterocycles. The molecule has 4 N–H and O–H groups in total. The zero-order chi connectivity index (χ0) is 27.7. The Morgan fingerprint density at radius 1 is 0.789 bits per heavy atom. The number of hydrogen-bond donors (Lipinski definition) is 4. The summed E-state index contributed by atoms with van der Waals surface area (Å²) in [5.74, 6) is 1.24. The number of ether oxygens (including phenoxy) is 6. The second kappa shape index (κ2) is 11.1. The molecular weight excluding hydrogens is 504 g/mol. The van der Waals surface area contributed by atoms with Crippen molar-refractivity contribution < 1.29 is 53.3 Å². The summed E-state index contributed by atoms with van der Waals surface area (Å²) in [5.41, 5.74) is -0.443. The number of rotatable bonds is 8. The first-order chi connectivity index (χ1) is 18.2. The van der Waals surface area contributed by atoms with E-state index < -0.39 is 42.6 Å². The predicted molar refractivity (Wildman–Crippen MR) is 133 cm³/mol. The van der Waals surface area contributed by atoms with Gasteiger partial charge in [0, 0.05) is 17.7 Å². The number of fused-ring (bicyclic) bond motifs is 1. The standard InChI is InChI=1S/C26H30O12/c1-32-12-8-13(33-2)18-14(9-12)37-24(11-6-15(34-3)25(36-5)16(7-11)35-4)19(21(18)29)26-23(31)22(30)20(28)17(10-27)38-26/h6-9,17,20,22-23,26-28,30-31H,10H2,1-5H3/t17-,20+,22+,23-,26+/m1/s1. The molecule has 2 heterocycles. The van der Waals surface area contributed by atoms with Gasteiger partial charge >= 0.3 is 0 Å². The van der Waals surface area contributed by atoms with Gasteiger partial charge in [-0.25, -0.2) is 0 Å². The van der Waals surface area contributed by atoms with Crippen LogP contribution in [0.3, 0.4) is 0 Å². The monoisotopic (exact) mass is 534 g/mol. The van der Waals surface area contributed by atoms with Crippen LogP contribution in [-0.4, -0.2) is 87.0 Å². The van der Waals surface area contributed by atoms with E-state index >= 15 is 0 Å². The minimum absolute atomic E-state index is 0.0245. The summed E-state index contributed by atoms with van der Waals surface area (Å²) in [6, 6.07) is 6.07. The van der Waals surface area contributed by atoms with Crippen molar-refractivity contribution in [3.05, 3.63) is 40.1 Å². The van der Waals surface area contributed by atoms with E-state index in [1.165, 1.54) is 59.8 Å². The van der Waals surface area contributed by atoms with Crippen LogP contribution in [0.1, 0.15) is 11.7 Å². The van der Waals surface area contributed by atoms with Gasteiger partial charge in [-0.05, 0) is 12.1 Å². The Morgan fingerprint density at radius 2 is 1.42 bits per heavy atom.